The Morgan fingerprint density at radius 1 is 1.67 bits per heavy atom. The second-order valence-electron chi connectivity index (χ2n) is 2.32. The summed E-state index contributed by atoms with van der Waals surface area (Å²) in [7, 11) is 0. The van der Waals surface area contributed by atoms with Gasteiger partial charge in [-0.05, 0) is 0 Å². The van der Waals surface area contributed by atoms with Crippen molar-refractivity contribution >= 4 is 0 Å². The molecule has 0 saturated carbocycles. The summed E-state index contributed by atoms with van der Waals surface area (Å²) in [5.74, 6) is -0.279. The standard InChI is InChI=1S/C6H11FO2/c7-6-1-2-9-4-5(6)3-8/h5-6,8H,1-4H2. The van der Waals surface area contributed by atoms with Crippen molar-refractivity contribution in [2.75, 3.05) is 19.8 Å². The Morgan fingerprint density at radius 2 is 2.44 bits per heavy atom. The molecule has 1 N–H and O–H groups in total. The first-order valence-corrected chi connectivity index (χ1v) is 3.17. The number of aliphatic hydroxyl groups is 1. The predicted molar refractivity (Wildman–Crippen MR) is 30.9 cm³/mol. The third-order valence-electron chi connectivity index (χ3n) is 1.62. The lowest BCUT2D eigenvalue weighted by Gasteiger charge is -2.23. The van der Waals surface area contributed by atoms with E-state index in [0.717, 1.165) is 0 Å². The average molecular weight is 134 g/mol. The Bertz CT molecular complexity index is 87.1. The molecule has 2 atom stereocenters. The molecule has 54 valence electrons. The fourth-order valence-corrected chi connectivity index (χ4v) is 0.938. The van der Waals surface area contributed by atoms with Gasteiger partial charge in [0.25, 0.3) is 0 Å². The van der Waals surface area contributed by atoms with Gasteiger partial charge in [0.1, 0.15) is 6.17 Å². The number of hydrogen-bond donors (Lipinski definition) is 1. The number of ether oxygens (including phenoxy) is 1. The molecule has 1 aliphatic rings. The molecule has 0 aliphatic carbocycles. The largest absolute Gasteiger partial charge is 0.396 e. The van der Waals surface area contributed by atoms with Crippen LogP contribution in [0.4, 0.5) is 4.39 Å². The third kappa shape index (κ3) is 1.63. The molecule has 0 spiro atoms. The average Bonchev–Trinajstić information content (AvgIpc) is 1.89. The lowest BCUT2D eigenvalue weighted by atomic mass is 10.0. The number of alkyl halides is 1. The topological polar surface area (TPSA) is 29.5 Å². The molecule has 3 heteroatoms. The zero-order valence-electron chi connectivity index (χ0n) is 5.22. The van der Waals surface area contributed by atoms with E-state index >= 15 is 0 Å². The Hall–Kier alpha value is -0.150. The van der Waals surface area contributed by atoms with Gasteiger partial charge in [0.05, 0.1) is 13.2 Å². The van der Waals surface area contributed by atoms with E-state index < -0.39 is 6.17 Å². The molecule has 0 aromatic rings. The number of rotatable bonds is 1. The molecule has 0 amide bonds. The summed E-state index contributed by atoms with van der Waals surface area (Å²) in [6, 6.07) is 0. The molecule has 0 aromatic carbocycles. The minimum Gasteiger partial charge on any atom is -0.396 e. The van der Waals surface area contributed by atoms with Gasteiger partial charge in [-0.2, -0.15) is 0 Å². The zero-order chi connectivity index (χ0) is 6.69. The van der Waals surface area contributed by atoms with Crippen molar-refractivity contribution in [3.05, 3.63) is 0 Å². The molecule has 1 rings (SSSR count). The number of hydrogen-bond acceptors (Lipinski definition) is 2. The number of halogens is 1. The summed E-state index contributed by atoms with van der Waals surface area (Å²) >= 11 is 0. The van der Waals surface area contributed by atoms with Gasteiger partial charge in [-0.3, -0.25) is 0 Å². The maximum atomic E-state index is 12.6. The Kier molecular flexibility index (Phi) is 2.42. The van der Waals surface area contributed by atoms with Gasteiger partial charge in [-0.25, -0.2) is 4.39 Å². The van der Waals surface area contributed by atoms with Crippen molar-refractivity contribution in [3.8, 4) is 0 Å². The van der Waals surface area contributed by atoms with Crippen LogP contribution in [-0.2, 0) is 4.74 Å². The summed E-state index contributed by atoms with van der Waals surface area (Å²) in [6.45, 7) is 0.774. The Morgan fingerprint density at radius 3 is 2.89 bits per heavy atom. The van der Waals surface area contributed by atoms with E-state index in [1.807, 2.05) is 0 Å². The van der Waals surface area contributed by atoms with Crippen LogP contribution in [0.25, 0.3) is 0 Å². The predicted octanol–water partition coefficient (Wildman–Crippen LogP) is 0.353. The summed E-state index contributed by atoms with van der Waals surface area (Å²) in [6.07, 6.45) is -0.422. The van der Waals surface area contributed by atoms with Crippen LogP contribution in [-0.4, -0.2) is 31.1 Å². The molecule has 2 nitrogen and oxygen atoms in total. The van der Waals surface area contributed by atoms with Crippen LogP contribution in [0.15, 0.2) is 0 Å². The van der Waals surface area contributed by atoms with Crippen LogP contribution in [0, 0.1) is 5.92 Å². The SMILES string of the molecule is OCC1COCCC1F. The van der Waals surface area contributed by atoms with Crippen molar-refractivity contribution in [1.29, 1.82) is 0 Å². The van der Waals surface area contributed by atoms with E-state index in [1.165, 1.54) is 0 Å². The Labute approximate surface area is 53.6 Å². The van der Waals surface area contributed by atoms with Crippen molar-refractivity contribution < 1.29 is 14.2 Å². The number of aliphatic hydroxyl groups excluding tert-OH is 1. The maximum Gasteiger partial charge on any atom is 0.110 e. The van der Waals surface area contributed by atoms with Gasteiger partial charge < -0.3 is 9.84 Å². The summed E-state index contributed by atoms with van der Waals surface area (Å²) in [5, 5.41) is 8.54. The van der Waals surface area contributed by atoms with Gasteiger partial charge in [-0.15, -0.1) is 0 Å². The van der Waals surface area contributed by atoms with Gasteiger partial charge in [0.2, 0.25) is 0 Å². The monoisotopic (exact) mass is 134 g/mol. The highest BCUT2D eigenvalue weighted by Crippen LogP contribution is 2.16. The van der Waals surface area contributed by atoms with Gasteiger partial charge >= 0.3 is 0 Å². The van der Waals surface area contributed by atoms with Crippen molar-refractivity contribution in [3.63, 3.8) is 0 Å². The quantitative estimate of drug-likeness (QED) is 0.560. The van der Waals surface area contributed by atoms with Gasteiger partial charge in [-0.1, -0.05) is 0 Å². The van der Waals surface area contributed by atoms with E-state index in [0.29, 0.717) is 19.6 Å². The van der Waals surface area contributed by atoms with Gasteiger partial charge in [0.15, 0.2) is 0 Å². The first-order valence-electron chi connectivity index (χ1n) is 3.17. The Balaban J connectivity index is 2.30. The molecule has 0 bridgehead atoms. The van der Waals surface area contributed by atoms with E-state index in [9.17, 15) is 4.39 Å². The van der Waals surface area contributed by atoms with Crippen LogP contribution in [0.2, 0.25) is 0 Å². The normalized spacial score (nSPS) is 36.7. The second kappa shape index (κ2) is 3.13. The minimum atomic E-state index is -0.858. The van der Waals surface area contributed by atoms with Crippen molar-refractivity contribution in [2.45, 2.75) is 12.6 Å². The highest BCUT2D eigenvalue weighted by atomic mass is 19.1. The third-order valence-corrected chi connectivity index (χ3v) is 1.62. The molecule has 2 unspecified atom stereocenters. The van der Waals surface area contributed by atoms with Crippen molar-refractivity contribution in [1.82, 2.24) is 0 Å². The highest BCUT2D eigenvalue weighted by molar-refractivity contribution is 4.71. The fraction of sp³-hybridized carbons (Fsp3) is 1.00. The lowest BCUT2D eigenvalue weighted by Crippen LogP contribution is -2.31. The second-order valence-corrected chi connectivity index (χ2v) is 2.32. The van der Waals surface area contributed by atoms with Crippen LogP contribution >= 0.6 is 0 Å². The molecule has 9 heavy (non-hydrogen) atoms. The molecular formula is C6H11FO2. The lowest BCUT2D eigenvalue weighted by molar-refractivity contribution is -0.0198. The van der Waals surface area contributed by atoms with Crippen molar-refractivity contribution in [2.24, 2.45) is 5.92 Å². The first kappa shape index (κ1) is 6.96. The van der Waals surface area contributed by atoms with Crippen LogP contribution in [0.5, 0.6) is 0 Å². The molecule has 0 aromatic heterocycles. The summed E-state index contributed by atoms with van der Waals surface area (Å²) < 4.78 is 17.6. The summed E-state index contributed by atoms with van der Waals surface area (Å²) in [4.78, 5) is 0. The van der Waals surface area contributed by atoms with Crippen LogP contribution in [0.1, 0.15) is 6.42 Å². The molecule has 1 fully saturated rings. The fourth-order valence-electron chi connectivity index (χ4n) is 0.938. The molecule has 0 radical (unpaired) electrons. The minimum absolute atomic E-state index is 0.0961. The van der Waals surface area contributed by atoms with Crippen LogP contribution < -0.4 is 0 Å². The van der Waals surface area contributed by atoms with E-state index in [4.69, 9.17) is 9.84 Å². The maximum absolute atomic E-state index is 12.6. The smallest absolute Gasteiger partial charge is 0.110 e. The molecule has 1 heterocycles. The first-order chi connectivity index (χ1) is 4.34. The summed E-state index contributed by atoms with van der Waals surface area (Å²) in [5.41, 5.74) is 0. The van der Waals surface area contributed by atoms with E-state index in [2.05, 4.69) is 0 Å². The van der Waals surface area contributed by atoms with E-state index in [1.54, 1.807) is 0 Å². The van der Waals surface area contributed by atoms with Crippen LogP contribution in [0.3, 0.4) is 0 Å². The van der Waals surface area contributed by atoms with Gasteiger partial charge in [0, 0.05) is 18.9 Å². The highest BCUT2D eigenvalue weighted by Gasteiger charge is 2.23. The zero-order valence-corrected chi connectivity index (χ0v) is 5.22. The molecular weight excluding hydrogens is 123 g/mol. The van der Waals surface area contributed by atoms with E-state index in [-0.39, 0.29) is 12.5 Å². The molecule has 1 saturated heterocycles. The molecule has 1 aliphatic heterocycles.